The molecule has 0 fully saturated rings. The van der Waals surface area contributed by atoms with E-state index in [1.807, 2.05) is 12.1 Å². The number of fused-ring (bicyclic) bond motifs is 2. The van der Waals surface area contributed by atoms with E-state index in [1.54, 1.807) is 54.6 Å². The van der Waals surface area contributed by atoms with E-state index in [0.717, 1.165) is 5.56 Å². The fourth-order valence-corrected chi connectivity index (χ4v) is 3.17. The molecule has 136 valence electrons. The van der Waals surface area contributed by atoms with Crippen LogP contribution in [0, 0.1) is 0 Å². The van der Waals surface area contributed by atoms with Crippen LogP contribution in [-0.4, -0.2) is 17.6 Å². The number of hydrogen-bond acceptors (Lipinski definition) is 3. The molecule has 0 saturated carbocycles. The summed E-state index contributed by atoms with van der Waals surface area (Å²) < 4.78 is 0. The lowest BCUT2D eigenvalue weighted by Crippen LogP contribution is -2.22. The summed E-state index contributed by atoms with van der Waals surface area (Å²) in [6.45, 7) is 3.69. The average molecular weight is 368 g/mol. The van der Waals surface area contributed by atoms with Crippen LogP contribution in [0.4, 0.5) is 16.2 Å². The molecule has 2 amide bonds. The Bertz CT molecular complexity index is 1130. The molecule has 0 saturated heterocycles. The van der Waals surface area contributed by atoms with Crippen molar-refractivity contribution in [2.45, 2.75) is 0 Å². The molecule has 3 aromatic carbocycles. The lowest BCUT2D eigenvalue weighted by molar-refractivity contribution is 0.0979. The van der Waals surface area contributed by atoms with Gasteiger partial charge in [0.05, 0.1) is 0 Å². The Morgan fingerprint density at radius 3 is 1.89 bits per heavy atom. The monoisotopic (exact) mass is 368 g/mol. The van der Waals surface area contributed by atoms with Gasteiger partial charge in [0.1, 0.15) is 0 Å². The molecule has 0 aliphatic heterocycles. The van der Waals surface area contributed by atoms with E-state index < -0.39 is 6.03 Å². The number of urea groups is 1. The SMILES string of the molecule is C=Cc1ccc(NC(=O)Nc2ccc3c(c2)C(=O)c2ccccc2C3=O)cc1. The largest absolute Gasteiger partial charge is 0.323 e. The van der Waals surface area contributed by atoms with E-state index in [0.29, 0.717) is 28.1 Å². The molecule has 0 atom stereocenters. The van der Waals surface area contributed by atoms with Gasteiger partial charge in [-0.15, -0.1) is 0 Å². The van der Waals surface area contributed by atoms with Crippen molar-refractivity contribution in [3.8, 4) is 0 Å². The van der Waals surface area contributed by atoms with Crippen LogP contribution in [0.3, 0.4) is 0 Å². The van der Waals surface area contributed by atoms with Crippen molar-refractivity contribution in [3.05, 3.63) is 101 Å². The second-order valence-electron chi connectivity index (χ2n) is 6.37. The molecule has 0 heterocycles. The fourth-order valence-electron chi connectivity index (χ4n) is 3.17. The van der Waals surface area contributed by atoms with E-state index in [-0.39, 0.29) is 17.1 Å². The van der Waals surface area contributed by atoms with Crippen molar-refractivity contribution in [1.82, 2.24) is 0 Å². The number of benzene rings is 3. The van der Waals surface area contributed by atoms with Crippen LogP contribution in [0.1, 0.15) is 37.4 Å². The summed E-state index contributed by atoms with van der Waals surface area (Å²) >= 11 is 0. The Balaban J connectivity index is 1.55. The van der Waals surface area contributed by atoms with Gasteiger partial charge in [0.25, 0.3) is 0 Å². The molecule has 0 bridgehead atoms. The van der Waals surface area contributed by atoms with E-state index in [4.69, 9.17) is 0 Å². The van der Waals surface area contributed by atoms with Crippen molar-refractivity contribution in [1.29, 1.82) is 0 Å². The summed E-state index contributed by atoms with van der Waals surface area (Å²) in [4.78, 5) is 37.6. The highest BCUT2D eigenvalue weighted by molar-refractivity contribution is 6.28. The first-order valence-corrected chi connectivity index (χ1v) is 8.70. The molecule has 3 aromatic rings. The van der Waals surface area contributed by atoms with Crippen molar-refractivity contribution in [2.24, 2.45) is 0 Å². The van der Waals surface area contributed by atoms with Gasteiger partial charge >= 0.3 is 6.03 Å². The quantitative estimate of drug-likeness (QED) is 0.548. The van der Waals surface area contributed by atoms with Gasteiger partial charge in [-0.1, -0.05) is 49.1 Å². The topological polar surface area (TPSA) is 75.3 Å². The number of carbonyl (C=O) groups excluding carboxylic acids is 3. The Morgan fingerprint density at radius 2 is 1.25 bits per heavy atom. The zero-order valence-corrected chi connectivity index (χ0v) is 14.9. The Hall–Kier alpha value is -3.99. The van der Waals surface area contributed by atoms with Gasteiger partial charge < -0.3 is 10.6 Å². The van der Waals surface area contributed by atoms with Crippen LogP contribution in [0.2, 0.25) is 0 Å². The molecule has 0 spiro atoms. The normalized spacial score (nSPS) is 12.0. The number of rotatable bonds is 3. The van der Waals surface area contributed by atoms with E-state index in [1.165, 1.54) is 6.07 Å². The molecule has 0 radical (unpaired) electrons. The third-order valence-electron chi connectivity index (χ3n) is 4.59. The first-order valence-electron chi connectivity index (χ1n) is 8.70. The molecule has 5 nitrogen and oxygen atoms in total. The number of anilines is 2. The van der Waals surface area contributed by atoms with Gasteiger partial charge in [-0.05, 0) is 35.9 Å². The van der Waals surface area contributed by atoms with Gasteiger partial charge in [-0.25, -0.2) is 4.79 Å². The third-order valence-corrected chi connectivity index (χ3v) is 4.59. The number of amides is 2. The Kier molecular flexibility index (Phi) is 4.33. The van der Waals surface area contributed by atoms with Crippen LogP contribution in [0.15, 0.2) is 73.3 Å². The molecule has 5 heteroatoms. The zero-order valence-electron chi connectivity index (χ0n) is 14.9. The molecule has 0 unspecified atom stereocenters. The van der Waals surface area contributed by atoms with E-state index in [2.05, 4.69) is 17.2 Å². The molecule has 28 heavy (non-hydrogen) atoms. The second kappa shape index (κ2) is 6.96. The smallest absolute Gasteiger partial charge is 0.308 e. The summed E-state index contributed by atoms with van der Waals surface area (Å²) in [5.41, 5.74) is 3.42. The molecule has 4 rings (SSSR count). The minimum absolute atomic E-state index is 0.191. The highest BCUT2D eigenvalue weighted by Crippen LogP contribution is 2.29. The van der Waals surface area contributed by atoms with Gasteiger partial charge in [-0.3, -0.25) is 9.59 Å². The highest BCUT2D eigenvalue weighted by atomic mass is 16.2. The van der Waals surface area contributed by atoms with Gasteiger partial charge in [-0.2, -0.15) is 0 Å². The van der Waals surface area contributed by atoms with Crippen LogP contribution >= 0.6 is 0 Å². The van der Waals surface area contributed by atoms with Crippen molar-refractivity contribution in [3.63, 3.8) is 0 Å². The summed E-state index contributed by atoms with van der Waals surface area (Å²) in [6, 6.07) is 18.2. The van der Waals surface area contributed by atoms with Crippen LogP contribution in [0.25, 0.3) is 6.08 Å². The molecular weight excluding hydrogens is 352 g/mol. The maximum absolute atomic E-state index is 12.8. The number of nitrogens with one attached hydrogen (secondary N) is 2. The molecule has 2 N–H and O–H groups in total. The number of carbonyl (C=O) groups is 3. The predicted octanol–water partition coefficient (Wildman–Crippen LogP) is 4.75. The van der Waals surface area contributed by atoms with E-state index >= 15 is 0 Å². The number of hydrogen-bond donors (Lipinski definition) is 2. The maximum Gasteiger partial charge on any atom is 0.323 e. The van der Waals surface area contributed by atoms with Crippen molar-refractivity contribution in [2.75, 3.05) is 10.6 Å². The summed E-state index contributed by atoms with van der Waals surface area (Å²) in [5.74, 6) is -0.419. The predicted molar refractivity (Wildman–Crippen MR) is 109 cm³/mol. The Labute approximate surface area is 161 Å². The molecule has 0 aromatic heterocycles. The maximum atomic E-state index is 12.8. The standard InChI is InChI=1S/C23H16N2O3/c1-2-14-7-9-15(10-8-14)24-23(28)25-16-11-12-19-20(13-16)22(27)18-6-4-3-5-17(18)21(19)26/h2-13H,1H2,(H2,24,25,28). The lowest BCUT2D eigenvalue weighted by Gasteiger charge is -2.18. The average Bonchev–Trinajstić information content (AvgIpc) is 2.72. The fraction of sp³-hybridized carbons (Fsp3) is 0. The van der Waals surface area contributed by atoms with Gasteiger partial charge in [0.15, 0.2) is 11.6 Å². The van der Waals surface area contributed by atoms with Gasteiger partial charge in [0.2, 0.25) is 0 Å². The molecular formula is C23H16N2O3. The molecule has 1 aliphatic rings. The van der Waals surface area contributed by atoms with Crippen LogP contribution in [-0.2, 0) is 0 Å². The second-order valence-corrected chi connectivity index (χ2v) is 6.37. The van der Waals surface area contributed by atoms with Crippen LogP contribution < -0.4 is 10.6 Å². The Morgan fingerprint density at radius 1 is 0.714 bits per heavy atom. The lowest BCUT2D eigenvalue weighted by atomic mass is 9.84. The molecule has 1 aliphatic carbocycles. The van der Waals surface area contributed by atoms with Gasteiger partial charge in [0, 0.05) is 33.6 Å². The van der Waals surface area contributed by atoms with Crippen molar-refractivity contribution >= 4 is 35.0 Å². The number of ketones is 2. The summed E-state index contributed by atoms with van der Waals surface area (Å²) in [5, 5.41) is 5.42. The third kappa shape index (κ3) is 3.10. The first kappa shape index (κ1) is 17.4. The minimum atomic E-state index is -0.443. The zero-order chi connectivity index (χ0) is 19.7. The highest BCUT2D eigenvalue weighted by Gasteiger charge is 2.29. The van der Waals surface area contributed by atoms with Crippen molar-refractivity contribution < 1.29 is 14.4 Å². The van der Waals surface area contributed by atoms with E-state index in [9.17, 15) is 14.4 Å². The van der Waals surface area contributed by atoms with Crippen LogP contribution in [0.5, 0.6) is 0 Å². The minimum Gasteiger partial charge on any atom is -0.308 e. The summed E-state index contributed by atoms with van der Waals surface area (Å²) in [6.07, 6.45) is 1.72. The first-order chi connectivity index (χ1) is 13.6. The summed E-state index contributed by atoms with van der Waals surface area (Å²) in [7, 11) is 0.